The highest BCUT2D eigenvalue weighted by molar-refractivity contribution is 7.89. The van der Waals surface area contributed by atoms with Crippen LogP contribution in [0.25, 0.3) is 0 Å². The Kier molecular flexibility index (Phi) is 5.51. The number of aliphatic hydroxyl groups is 1. The molecule has 0 rings (SSSR count). The van der Waals surface area contributed by atoms with E-state index < -0.39 is 10.0 Å². The average Bonchev–Trinajstić information content (AvgIpc) is 2.01. The molecule has 4 nitrogen and oxygen atoms in total. The number of sulfonamides is 1. The smallest absolute Gasteiger partial charge is 0.211 e. The van der Waals surface area contributed by atoms with E-state index in [1.807, 2.05) is 6.92 Å². The summed E-state index contributed by atoms with van der Waals surface area (Å²) in [4.78, 5) is 0. The van der Waals surface area contributed by atoms with Crippen LogP contribution in [-0.2, 0) is 10.0 Å². The lowest BCUT2D eigenvalue weighted by Gasteiger charge is -2.18. The quantitative estimate of drug-likeness (QED) is 0.662. The first-order valence-electron chi connectivity index (χ1n) is 4.53. The average molecular weight is 209 g/mol. The van der Waals surface area contributed by atoms with Crippen molar-refractivity contribution in [2.75, 3.05) is 12.4 Å². The van der Waals surface area contributed by atoms with Crippen LogP contribution in [-0.4, -0.2) is 31.9 Å². The fourth-order valence-corrected chi connectivity index (χ4v) is 2.34. The van der Waals surface area contributed by atoms with Gasteiger partial charge >= 0.3 is 0 Å². The number of hydrogen-bond donors (Lipinski definition) is 2. The molecule has 0 heterocycles. The van der Waals surface area contributed by atoms with Gasteiger partial charge in [-0.05, 0) is 19.3 Å². The summed E-state index contributed by atoms with van der Waals surface area (Å²) in [5, 5.41) is 8.80. The highest BCUT2D eigenvalue weighted by Gasteiger charge is 2.17. The van der Waals surface area contributed by atoms with Crippen molar-refractivity contribution in [3.05, 3.63) is 0 Å². The molecule has 5 heteroatoms. The van der Waals surface area contributed by atoms with Gasteiger partial charge in [-0.2, -0.15) is 0 Å². The van der Waals surface area contributed by atoms with Crippen molar-refractivity contribution in [3.8, 4) is 0 Å². The number of rotatable bonds is 6. The van der Waals surface area contributed by atoms with Crippen LogP contribution in [0.1, 0.15) is 27.2 Å². The van der Waals surface area contributed by atoms with Gasteiger partial charge in [-0.15, -0.1) is 0 Å². The summed E-state index contributed by atoms with van der Waals surface area (Å²) in [6, 6.07) is -0.207. The first-order valence-corrected chi connectivity index (χ1v) is 6.19. The second kappa shape index (κ2) is 5.57. The first-order chi connectivity index (χ1) is 5.93. The van der Waals surface area contributed by atoms with Gasteiger partial charge in [0, 0.05) is 12.6 Å². The van der Waals surface area contributed by atoms with E-state index in [1.54, 1.807) is 13.8 Å². The minimum absolute atomic E-state index is 0.00416. The van der Waals surface area contributed by atoms with E-state index in [9.17, 15) is 8.42 Å². The molecule has 0 aliphatic rings. The first kappa shape index (κ1) is 12.9. The molecule has 0 saturated carbocycles. The largest absolute Gasteiger partial charge is 0.396 e. The molecule has 0 fully saturated rings. The van der Waals surface area contributed by atoms with Gasteiger partial charge in [0.1, 0.15) is 0 Å². The topological polar surface area (TPSA) is 66.4 Å². The highest BCUT2D eigenvalue weighted by atomic mass is 32.2. The Balaban J connectivity index is 4.11. The number of aliphatic hydroxyl groups excluding tert-OH is 1. The monoisotopic (exact) mass is 209 g/mol. The summed E-state index contributed by atoms with van der Waals surface area (Å²) < 4.78 is 25.1. The van der Waals surface area contributed by atoms with Crippen molar-refractivity contribution in [3.63, 3.8) is 0 Å². The minimum atomic E-state index is -3.15. The molecule has 0 spiro atoms. The van der Waals surface area contributed by atoms with Gasteiger partial charge in [0.25, 0.3) is 0 Å². The van der Waals surface area contributed by atoms with Crippen LogP contribution in [0.3, 0.4) is 0 Å². The molecule has 2 N–H and O–H groups in total. The van der Waals surface area contributed by atoms with Crippen molar-refractivity contribution in [1.29, 1.82) is 0 Å². The molecule has 0 aromatic heterocycles. The maximum absolute atomic E-state index is 11.3. The zero-order valence-corrected chi connectivity index (χ0v) is 9.26. The third-order valence-corrected chi connectivity index (χ3v) is 3.66. The van der Waals surface area contributed by atoms with Crippen LogP contribution in [0.5, 0.6) is 0 Å². The lowest BCUT2D eigenvalue weighted by Crippen LogP contribution is -2.39. The molecule has 0 bridgehead atoms. The summed E-state index contributed by atoms with van der Waals surface area (Å²) in [7, 11) is -3.15. The standard InChI is InChI=1S/C8H19NO3S/c1-4-5-13(11,12)9-8(3)7(2)6-10/h7-10H,4-6H2,1-3H3. The zero-order valence-electron chi connectivity index (χ0n) is 8.45. The van der Waals surface area contributed by atoms with Gasteiger partial charge in [0.2, 0.25) is 10.0 Å². The third-order valence-electron chi connectivity index (χ3n) is 1.98. The Morgan fingerprint density at radius 3 is 2.31 bits per heavy atom. The molecule has 0 aromatic carbocycles. The third kappa shape index (κ3) is 5.23. The SMILES string of the molecule is CCCS(=O)(=O)NC(C)C(C)CO. The minimum Gasteiger partial charge on any atom is -0.396 e. The Bertz CT molecular complexity index is 226. The fraction of sp³-hybridized carbons (Fsp3) is 1.00. The van der Waals surface area contributed by atoms with E-state index in [-0.39, 0.29) is 24.3 Å². The van der Waals surface area contributed by atoms with E-state index in [4.69, 9.17) is 5.11 Å². The Labute approximate surface area is 80.4 Å². The number of nitrogens with one attached hydrogen (secondary N) is 1. The van der Waals surface area contributed by atoms with Crippen LogP contribution in [0.15, 0.2) is 0 Å². The molecule has 2 atom stereocenters. The van der Waals surface area contributed by atoms with Crippen molar-refractivity contribution in [2.24, 2.45) is 5.92 Å². The van der Waals surface area contributed by atoms with Crippen LogP contribution in [0, 0.1) is 5.92 Å². The second-order valence-electron chi connectivity index (χ2n) is 3.39. The van der Waals surface area contributed by atoms with Crippen LogP contribution in [0.4, 0.5) is 0 Å². The van der Waals surface area contributed by atoms with Gasteiger partial charge in [-0.25, -0.2) is 13.1 Å². The number of hydrogen-bond acceptors (Lipinski definition) is 3. The van der Waals surface area contributed by atoms with Crippen molar-refractivity contribution >= 4 is 10.0 Å². The predicted octanol–water partition coefficient (Wildman–Crippen LogP) is 0.333. The molecule has 80 valence electrons. The Hall–Kier alpha value is -0.130. The van der Waals surface area contributed by atoms with Gasteiger partial charge in [0.15, 0.2) is 0 Å². The van der Waals surface area contributed by atoms with Gasteiger partial charge in [0.05, 0.1) is 5.75 Å². The zero-order chi connectivity index (χ0) is 10.5. The van der Waals surface area contributed by atoms with Gasteiger partial charge in [-0.1, -0.05) is 13.8 Å². The summed E-state index contributed by atoms with van der Waals surface area (Å²) >= 11 is 0. The fourth-order valence-electron chi connectivity index (χ4n) is 0.885. The molecular formula is C8H19NO3S. The molecule has 0 radical (unpaired) electrons. The van der Waals surface area contributed by atoms with Crippen LogP contribution in [0.2, 0.25) is 0 Å². The molecule has 2 unspecified atom stereocenters. The summed E-state index contributed by atoms with van der Waals surface area (Å²) in [6.07, 6.45) is 0.607. The normalized spacial score (nSPS) is 16.9. The maximum Gasteiger partial charge on any atom is 0.211 e. The van der Waals surface area contributed by atoms with E-state index in [2.05, 4.69) is 4.72 Å². The van der Waals surface area contributed by atoms with E-state index >= 15 is 0 Å². The summed E-state index contributed by atoms with van der Waals surface area (Å²) in [6.45, 7) is 5.38. The molecule has 0 aliphatic carbocycles. The summed E-state index contributed by atoms with van der Waals surface area (Å²) in [5.41, 5.74) is 0. The van der Waals surface area contributed by atoms with Crippen molar-refractivity contribution in [1.82, 2.24) is 4.72 Å². The summed E-state index contributed by atoms with van der Waals surface area (Å²) in [5.74, 6) is 0.0989. The molecular weight excluding hydrogens is 190 g/mol. The molecule has 13 heavy (non-hydrogen) atoms. The van der Waals surface area contributed by atoms with Crippen molar-refractivity contribution < 1.29 is 13.5 Å². The van der Waals surface area contributed by atoms with E-state index in [0.717, 1.165) is 0 Å². The molecule has 0 aliphatic heterocycles. The maximum atomic E-state index is 11.3. The van der Waals surface area contributed by atoms with Gasteiger partial charge in [-0.3, -0.25) is 0 Å². The molecule has 0 aromatic rings. The van der Waals surface area contributed by atoms with Crippen LogP contribution >= 0.6 is 0 Å². The second-order valence-corrected chi connectivity index (χ2v) is 5.26. The lowest BCUT2D eigenvalue weighted by molar-refractivity contribution is 0.216. The van der Waals surface area contributed by atoms with Crippen molar-refractivity contribution in [2.45, 2.75) is 33.2 Å². The van der Waals surface area contributed by atoms with E-state index in [0.29, 0.717) is 6.42 Å². The molecule has 0 saturated heterocycles. The predicted molar refractivity (Wildman–Crippen MR) is 52.9 cm³/mol. The molecule has 0 amide bonds. The highest BCUT2D eigenvalue weighted by Crippen LogP contribution is 2.03. The van der Waals surface area contributed by atoms with E-state index in [1.165, 1.54) is 0 Å². The Morgan fingerprint density at radius 2 is 1.92 bits per heavy atom. The van der Waals surface area contributed by atoms with Gasteiger partial charge < -0.3 is 5.11 Å². The Morgan fingerprint density at radius 1 is 1.38 bits per heavy atom. The lowest BCUT2D eigenvalue weighted by atomic mass is 10.1. The van der Waals surface area contributed by atoms with Crippen LogP contribution < -0.4 is 4.72 Å².